The predicted molar refractivity (Wildman–Crippen MR) is 120 cm³/mol. The van der Waals surface area contributed by atoms with Crippen molar-refractivity contribution in [3.8, 4) is 0 Å². The normalized spacial score (nSPS) is 25.2. The quantitative estimate of drug-likeness (QED) is 0.286. The molecule has 0 aliphatic heterocycles. The molecule has 0 spiro atoms. The van der Waals surface area contributed by atoms with Crippen LogP contribution >= 0.6 is 24.0 Å². The molecular weight excluding hydrogens is 463 g/mol. The highest BCUT2D eigenvalue weighted by atomic mass is 127. The summed E-state index contributed by atoms with van der Waals surface area (Å²) >= 11 is 0. The van der Waals surface area contributed by atoms with E-state index in [0.29, 0.717) is 30.3 Å². The average Bonchev–Trinajstić information content (AvgIpc) is 3.13. The second-order valence-corrected chi connectivity index (χ2v) is 9.10. The summed E-state index contributed by atoms with van der Waals surface area (Å²) in [5.41, 5.74) is 0. The first-order chi connectivity index (χ1) is 12.1. The fourth-order valence-electron chi connectivity index (χ4n) is 3.80. The second kappa shape index (κ2) is 12.9. The van der Waals surface area contributed by atoms with Crippen LogP contribution in [0.4, 0.5) is 0 Å². The molecule has 0 bridgehead atoms. The molecule has 0 aromatic rings. The van der Waals surface area contributed by atoms with Crippen LogP contribution in [0.25, 0.3) is 0 Å². The van der Waals surface area contributed by atoms with E-state index in [4.69, 9.17) is 0 Å². The Labute approximate surface area is 177 Å². The number of rotatable bonds is 7. The van der Waals surface area contributed by atoms with E-state index in [9.17, 15) is 9.00 Å². The topological polar surface area (TPSA) is 82.6 Å². The molecule has 0 heterocycles. The van der Waals surface area contributed by atoms with Crippen LogP contribution in [0.15, 0.2) is 4.99 Å². The van der Waals surface area contributed by atoms with Gasteiger partial charge in [-0.3, -0.25) is 14.0 Å². The Balaban J connectivity index is 0.00000338. The lowest BCUT2D eigenvalue weighted by atomic mass is 9.95. The van der Waals surface area contributed by atoms with E-state index in [2.05, 4.69) is 20.9 Å². The molecule has 6 nitrogen and oxygen atoms in total. The summed E-state index contributed by atoms with van der Waals surface area (Å²) in [6, 6.07) is 0.691. The molecular formula is C18H35IN4O2S. The number of hydrogen-bond donors (Lipinski definition) is 3. The molecule has 8 heteroatoms. The van der Waals surface area contributed by atoms with E-state index in [0.717, 1.165) is 50.2 Å². The van der Waals surface area contributed by atoms with Crippen molar-refractivity contribution in [2.24, 2.45) is 4.99 Å². The number of amides is 1. The zero-order valence-electron chi connectivity index (χ0n) is 16.1. The van der Waals surface area contributed by atoms with Gasteiger partial charge < -0.3 is 16.0 Å². The number of nitrogens with zero attached hydrogens (tertiary/aromatic N) is 1. The van der Waals surface area contributed by atoms with Crippen LogP contribution < -0.4 is 16.0 Å². The van der Waals surface area contributed by atoms with Gasteiger partial charge in [-0.15, -0.1) is 24.0 Å². The molecule has 2 fully saturated rings. The van der Waals surface area contributed by atoms with E-state index >= 15 is 0 Å². The van der Waals surface area contributed by atoms with Gasteiger partial charge in [-0.25, -0.2) is 0 Å². The molecule has 2 aliphatic carbocycles. The standard InChI is InChI=1S/C18H34N4O2S.HI/c1-3-25(24)16-10-6-9-15(13-16)22-18(19-2)20-12-11-17(23)21-14-7-4-5-8-14;/h14-16H,3-13H2,1-2H3,(H,21,23)(H2,19,20,22);1H. The van der Waals surface area contributed by atoms with Crippen molar-refractivity contribution < 1.29 is 9.00 Å². The molecule has 3 unspecified atom stereocenters. The lowest BCUT2D eigenvalue weighted by Crippen LogP contribution is -2.47. The van der Waals surface area contributed by atoms with Gasteiger partial charge in [0.15, 0.2) is 5.96 Å². The molecule has 2 aliphatic rings. The summed E-state index contributed by atoms with van der Waals surface area (Å²) in [4.78, 5) is 16.2. The predicted octanol–water partition coefficient (Wildman–Crippen LogP) is 2.30. The van der Waals surface area contributed by atoms with Gasteiger partial charge in [0.25, 0.3) is 0 Å². The van der Waals surface area contributed by atoms with Crippen LogP contribution in [0.5, 0.6) is 0 Å². The Morgan fingerprint density at radius 1 is 1.08 bits per heavy atom. The highest BCUT2D eigenvalue weighted by Gasteiger charge is 2.26. The van der Waals surface area contributed by atoms with Gasteiger partial charge in [-0.2, -0.15) is 0 Å². The molecule has 0 aromatic heterocycles. The Hall–Kier alpha value is -0.380. The fraction of sp³-hybridized carbons (Fsp3) is 0.889. The van der Waals surface area contributed by atoms with Crippen molar-refractivity contribution in [1.29, 1.82) is 0 Å². The molecule has 0 aromatic carbocycles. The maximum atomic E-state index is 12.0. The van der Waals surface area contributed by atoms with Gasteiger partial charge in [0.2, 0.25) is 5.91 Å². The van der Waals surface area contributed by atoms with Gasteiger partial charge in [0.1, 0.15) is 0 Å². The zero-order valence-corrected chi connectivity index (χ0v) is 19.2. The largest absolute Gasteiger partial charge is 0.356 e. The van der Waals surface area contributed by atoms with Gasteiger partial charge >= 0.3 is 0 Å². The van der Waals surface area contributed by atoms with Crippen LogP contribution in [0.1, 0.15) is 64.7 Å². The number of aliphatic imine (C=N–C) groups is 1. The van der Waals surface area contributed by atoms with E-state index < -0.39 is 10.8 Å². The zero-order chi connectivity index (χ0) is 18.1. The summed E-state index contributed by atoms with van der Waals surface area (Å²) in [7, 11) is 1.03. The molecule has 2 rings (SSSR count). The van der Waals surface area contributed by atoms with Crippen molar-refractivity contribution in [1.82, 2.24) is 16.0 Å². The van der Waals surface area contributed by atoms with Crippen LogP contribution in [0.3, 0.4) is 0 Å². The minimum absolute atomic E-state index is 0. The second-order valence-electron chi connectivity index (χ2n) is 7.10. The maximum absolute atomic E-state index is 12.0. The first kappa shape index (κ1) is 23.7. The van der Waals surface area contributed by atoms with Crippen molar-refractivity contribution in [2.75, 3.05) is 19.3 Å². The number of carbonyl (C=O) groups is 1. The summed E-state index contributed by atoms with van der Waals surface area (Å²) in [6.07, 6.45) is 9.33. The number of carbonyl (C=O) groups excluding carboxylic acids is 1. The smallest absolute Gasteiger partial charge is 0.221 e. The number of halogens is 1. The molecule has 152 valence electrons. The monoisotopic (exact) mass is 498 g/mol. The van der Waals surface area contributed by atoms with Crippen molar-refractivity contribution in [2.45, 2.75) is 82.0 Å². The van der Waals surface area contributed by atoms with Crippen LogP contribution in [0.2, 0.25) is 0 Å². The van der Waals surface area contributed by atoms with Gasteiger partial charge in [0.05, 0.1) is 0 Å². The third kappa shape index (κ3) is 8.10. The molecule has 3 N–H and O–H groups in total. The van der Waals surface area contributed by atoms with Gasteiger partial charge in [-0.05, 0) is 32.1 Å². The van der Waals surface area contributed by atoms with E-state index in [1.54, 1.807) is 7.05 Å². The summed E-state index contributed by atoms with van der Waals surface area (Å²) in [5.74, 6) is 1.59. The fourth-order valence-corrected chi connectivity index (χ4v) is 5.15. The summed E-state index contributed by atoms with van der Waals surface area (Å²) < 4.78 is 12.0. The molecule has 1 amide bonds. The number of nitrogens with one attached hydrogen (secondary N) is 3. The summed E-state index contributed by atoms with van der Waals surface area (Å²) in [5, 5.41) is 10.1. The Bertz CT molecular complexity index is 484. The first-order valence-electron chi connectivity index (χ1n) is 9.76. The Morgan fingerprint density at radius 2 is 1.77 bits per heavy atom. The van der Waals surface area contributed by atoms with E-state index in [-0.39, 0.29) is 29.9 Å². The van der Waals surface area contributed by atoms with Gasteiger partial charge in [0, 0.05) is 53.9 Å². The minimum atomic E-state index is -0.718. The number of hydrogen-bond acceptors (Lipinski definition) is 3. The highest BCUT2D eigenvalue weighted by molar-refractivity contribution is 14.0. The minimum Gasteiger partial charge on any atom is -0.356 e. The molecule has 2 saturated carbocycles. The molecule has 0 radical (unpaired) electrons. The van der Waals surface area contributed by atoms with Crippen LogP contribution in [-0.2, 0) is 15.6 Å². The van der Waals surface area contributed by atoms with E-state index in [1.165, 1.54) is 12.8 Å². The Morgan fingerprint density at radius 3 is 2.42 bits per heavy atom. The van der Waals surface area contributed by atoms with Crippen LogP contribution in [-0.4, -0.2) is 52.8 Å². The number of guanidine groups is 1. The van der Waals surface area contributed by atoms with E-state index in [1.807, 2.05) is 6.92 Å². The average molecular weight is 498 g/mol. The van der Waals surface area contributed by atoms with Crippen LogP contribution in [0, 0.1) is 0 Å². The molecule has 26 heavy (non-hydrogen) atoms. The SMILES string of the molecule is CCS(=O)C1CCCC(NC(=NC)NCCC(=O)NC2CCCC2)C1.I. The third-order valence-electron chi connectivity index (χ3n) is 5.21. The lowest BCUT2D eigenvalue weighted by molar-refractivity contribution is -0.121. The van der Waals surface area contributed by atoms with Crippen molar-refractivity contribution >= 4 is 46.6 Å². The highest BCUT2D eigenvalue weighted by Crippen LogP contribution is 2.23. The van der Waals surface area contributed by atoms with Gasteiger partial charge in [-0.1, -0.05) is 26.2 Å². The maximum Gasteiger partial charge on any atom is 0.221 e. The third-order valence-corrected chi connectivity index (χ3v) is 6.95. The first-order valence-corrected chi connectivity index (χ1v) is 11.1. The summed E-state index contributed by atoms with van der Waals surface area (Å²) in [6.45, 7) is 2.57. The molecule has 3 atom stereocenters. The van der Waals surface area contributed by atoms with Crippen molar-refractivity contribution in [3.05, 3.63) is 0 Å². The molecule has 0 saturated heterocycles. The lowest BCUT2D eigenvalue weighted by Gasteiger charge is -2.30. The van der Waals surface area contributed by atoms with Crippen molar-refractivity contribution in [3.63, 3.8) is 0 Å². The Kier molecular flexibility index (Phi) is 11.7.